The van der Waals surface area contributed by atoms with E-state index in [-0.39, 0.29) is 12.2 Å². The Morgan fingerprint density at radius 3 is 2.50 bits per heavy atom. The van der Waals surface area contributed by atoms with Gasteiger partial charge in [0, 0.05) is 0 Å². The molecule has 2 nitrogen and oxygen atoms in total. The summed E-state index contributed by atoms with van der Waals surface area (Å²) in [5.74, 6) is 1.18. The van der Waals surface area contributed by atoms with E-state index in [1.165, 1.54) is 0 Å². The molecule has 0 aromatic carbocycles. The first-order valence-electron chi connectivity index (χ1n) is 3.64. The van der Waals surface area contributed by atoms with Crippen LogP contribution in [0.5, 0.6) is 0 Å². The minimum Gasteiger partial charge on any atom is -0.484 e. The highest BCUT2D eigenvalue weighted by molar-refractivity contribution is 5.08. The van der Waals surface area contributed by atoms with E-state index < -0.39 is 0 Å². The third kappa shape index (κ3) is 1.74. The molecule has 10 heavy (non-hydrogen) atoms. The monoisotopic (exact) mass is 142 g/mol. The van der Waals surface area contributed by atoms with E-state index in [0.29, 0.717) is 5.92 Å². The first-order valence-corrected chi connectivity index (χ1v) is 3.64. The number of hydrogen-bond donors (Lipinski definition) is 1. The Kier molecular flexibility index (Phi) is 2.00. The molecule has 0 radical (unpaired) electrons. The highest BCUT2D eigenvalue weighted by atomic mass is 16.6. The van der Waals surface area contributed by atoms with Gasteiger partial charge in [0.2, 0.25) is 0 Å². The Hall–Kier alpha value is -0.500. The van der Waals surface area contributed by atoms with Crippen LogP contribution in [-0.4, -0.2) is 17.3 Å². The highest BCUT2D eigenvalue weighted by Crippen LogP contribution is 2.31. The van der Waals surface area contributed by atoms with Crippen molar-refractivity contribution in [2.24, 2.45) is 5.92 Å². The third-order valence-corrected chi connectivity index (χ3v) is 2.00. The Labute approximate surface area is 61.5 Å². The van der Waals surface area contributed by atoms with Gasteiger partial charge in [0.25, 0.3) is 0 Å². The molecule has 0 aliphatic carbocycles. The van der Waals surface area contributed by atoms with Crippen LogP contribution in [0.2, 0.25) is 0 Å². The molecular weight excluding hydrogens is 128 g/mol. The molecule has 0 bridgehead atoms. The molecule has 0 amide bonds. The first kappa shape index (κ1) is 7.61. The zero-order chi connectivity index (χ0) is 7.72. The zero-order valence-corrected chi connectivity index (χ0v) is 6.50. The minimum atomic E-state index is -0.239. The van der Waals surface area contributed by atoms with Gasteiger partial charge in [0.1, 0.15) is 5.76 Å². The molecule has 2 heteroatoms. The van der Waals surface area contributed by atoms with E-state index in [9.17, 15) is 0 Å². The number of aliphatic hydroxyl groups excluding tert-OH is 1. The van der Waals surface area contributed by atoms with Crippen LogP contribution in [0.15, 0.2) is 12.3 Å². The molecule has 1 saturated heterocycles. The SMILES string of the molecule is C=C1OC1C[C@@H](C)[C@H](C)O. The summed E-state index contributed by atoms with van der Waals surface area (Å²) >= 11 is 0. The van der Waals surface area contributed by atoms with Gasteiger partial charge < -0.3 is 9.84 Å². The maximum atomic E-state index is 9.10. The minimum absolute atomic E-state index is 0.226. The van der Waals surface area contributed by atoms with Gasteiger partial charge in [0.15, 0.2) is 6.10 Å². The fraction of sp³-hybridized carbons (Fsp3) is 0.750. The Bertz CT molecular complexity index is 140. The van der Waals surface area contributed by atoms with Crippen LogP contribution < -0.4 is 0 Å². The van der Waals surface area contributed by atoms with Gasteiger partial charge in [-0.25, -0.2) is 0 Å². The average molecular weight is 142 g/mol. The van der Waals surface area contributed by atoms with E-state index in [4.69, 9.17) is 9.84 Å². The molecule has 3 atom stereocenters. The second-order valence-corrected chi connectivity index (χ2v) is 3.03. The van der Waals surface area contributed by atoms with Gasteiger partial charge in [0.05, 0.1) is 6.10 Å². The lowest BCUT2D eigenvalue weighted by Gasteiger charge is -2.11. The second kappa shape index (κ2) is 2.62. The zero-order valence-electron chi connectivity index (χ0n) is 6.50. The van der Waals surface area contributed by atoms with Crippen molar-refractivity contribution in [3.63, 3.8) is 0 Å². The van der Waals surface area contributed by atoms with Crippen molar-refractivity contribution in [2.45, 2.75) is 32.5 Å². The Morgan fingerprint density at radius 1 is 1.70 bits per heavy atom. The molecule has 1 aliphatic heterocycles. The van der Waals surface area contributed by atoms with Gasteiger partial charge in [-0.1, -0.05) is 13.5 Å². The number of ether oxygens (including phenoxy) is 1. The van der Waals surface area contributed by atoms with Crippen LogP contribution in [0.1, 0.15) is 20.3 Å². The molecule has 0 aromatic rings. The fourth-order valence-electron chi connectivity index (χ4n) is 0.863. The molecule has 0 spiro atoms. The van der Waals surface area contributed by atoms with Gasteiger partial charge in [-0.15, -0.1) is 0 Å². The quantitative estimate of drug-likeness (QED) is 0.602. The van der Waals surface area contributed by atoms with Crippen LogP contribution >= 0.6 is 0 Å². The number of aliphatic hydroxyl groups is 1. The van der Waals surface area contributed by atoms with E-state index in [1.54, 1.807) is 6.92 Å². The normalized spacial score (nSPS) is 29.1. The van der Waals surface area contributed by atoms with Gasteiger partial charge in [-0.2, -0.15) is 0 Å². The van der Waals surface area contributed by atoms with Crippen molar-refractivity contribution >= 4 is 0 Å². The third-order valence-electron chi connectivity index (χ3n) is 2.00. The van der Waals surface area contributed by atoms with E-state index in [2.05, 4.69) is 6.58 Å². The van der Waals surface area contributed by atoms with Crippen molar-refractivity contribution < 1.29 is 9.84 Å². The molecule has 1 unspecified atom stereocenters. The molecular formula is C8H14O2. The standard InChI is InChI=1S/C8H14O2/c1-5(6(2)9)4-8-7(3)10-8/h5-6,8-9H,3-4H2,1-2H3/t5-,6+,8?/m1/s1. The summed E-state index contributed by atoms with van der Waals surface area (Å²) in [6.07, 6.45) is 0.887. The maximum absolute atomic E-state index is 9.10. The summed E-state index contributed by atoms with van der Waals surface area (Å²) in [6, 6.07) is 0. The van der Waals surface area contributed by atoms with Gasteiger partial charge in [-0.3, -0.25) is 0 Å². The Morgan fingerprint density at radius 2 is 2.20 bits per heavy atom. The summed E-state index contributed by atoms with van der Waals surface area (Å²) in [4.78, 5) is 0. The molecule has 1 N–H and O–H groups in total. The van der Waals surface area contributed by atoms with Gasteiger partial charge >= 0.3 is 0 Å². The molecule has 1 aliphatic rings. The van der Waals surface area contributed by atoms with Crippen LogP contribution in [0.3, 0.4) is 0 Å². The summed E-state index contributed by atoms with van der Waals surface area (Å²) in [6.45, 7) is 7.47. The fourth-order valence-corrected chi connectivity index (χ4v) is 0.863. The van der Waals surface area contributed by atoms with E-state index in [1.807, 2.05) is 6.92 Å². The molecule has 58 valence electrons. The van der Waals surface area contributed by atoms with Crippen molar-refractivity contribution in [3.05, 3.63) is 12.3 Å². The smallest absolute Gasteiger partial charge is 0.155 e. The largest absolute Gasteiger partial charge is 0.484 e. The lowest BCUT2D eigenvalue weighted by atomic mass is 10.0. The number of rotatable bonds is 3. The van der Waals surface area contributed by atoms with Crippen LogP contribution in [0.4, 0.5) is 0 Å². The summed E-state index contributed by atoms with van der Waals surface area (Å²) < 4.78 is 5.03. The van der Waals surface area contributed by atoms with Crippen molar-refractivity contribution in [2.75, 3.05) is 0 Å². The highest BCUT2D eigenvalue weighted by Gasteiger charge is 2.32. The number of hydrogen-bond acceptors (Lipinski definition) is 2. The predicted octanol–water partition coefficient (Wildman–Crippen LogP) is 1.31. The summed E-state index contributed by atoms with van der Waals surface area (Å²) in [5, 5.41) is 9.10. The molecule has 1 rings (SSSR count). The molecule has 0 saturated carbocycles. The number of epoxide rings is 1. The summed E-state index contributed by atoms with van der Waals surface area (Å²) in [7, 11) is 0. The van der Waals surface area contributed by atoms with Crippen LogP contribution in [-0.2, 0) is 4.74 Å². The predicted molar refractivity (Wildman–Crippen MR) is 39.5 cm³/mol. The van der Waals surface area contributed by atoms with E-state index >= 15 is 0 Å². The second-order valence-electron chi connectivity index (χ2n) is 3.03. The topological polar surface area (TPSA) is 32.8 Å². The summed E-state index contributed by atoms with van der Waals surface area (Å²) in [5.41, 5.74) is 0. The van der Waals surface area contributed by atoms with E-state index in [0.717, 1.165) is 12.2 Å². The molecule has 0 aromatic heterocycles. The maximum Gasteiger partial charge on any atom is 0.155 e. The average Bonchev–Trinajstić information content (AvgIpc) is 2.46. The lowest BCUT2D eigenvalue weighted by Crippen LogP contribution is -2.14. The van der Waals surface area contributed by atoms with Crippen molar-refractivity contribution in [3.8, 4) is 0 Å². The lowest BCUT2D eigenvalue weighted by molar-refractivity contribution is 0.124. The molecule has 1 heterocycles. The molecule has 1 fully saturated rings. The van der Waals surface area contributed by atoms with Crippen LogP contribution in [0, 0.1) is 5.92 Å². The first-order chi connectivity index (χ1) is 4.61. The van der Waals surface area contributed by atoms with Crippen molar-refractivity contribution in [1.29, 1.82) is 0 Å². The van der Waals surface area contributed by atoms with Gasteiger partial charge in [-0.05, 0) is 19.3 Å². The Balaban J connectivity index is 2.19. The van der Waals surface area contributed by atoms with Crippen LogP contribution in [0.25, 0.3) is 0 Å². The van der Waals surface area contributed by atoms with Crippen molar-refractivity contribution in [1.82, 2.24) is 0 Å².